The number of piperazine rings is 1. The van der Waals surface area contributed by atoms with E-state index in [2.05, 4.69) is 10.6 Å². The molecule has 2 saturated heterocycles. The number of nitrogens with zero attached hydrogens (tertiary/aromatic N) is 2. The van der Waals surface area contributed by atoms with Crippen LogP contribution in [0.2, 0.25) is 0 Å². The molecule has 0 radical (unpaired) electrons. The lowest BCUT2D eigenvalue weighted by Crippen LogP contribution is -2.58. The van der Waals surface area contributed by atoms with E-state index in [1.807, 2.05) is 0 Å². The van der Waals surface area contributed by atoms with Crippen molar-refractivity contribution in [2.75, 3.05) is 45.8 Å². The van der Waals surface area contributed by atoms with Gasteiger partial charge in [0.05, 0.1) is 5.92 Å². The van der Waals surface area contributed by atoms with Crippen molar-refractivity contribution in [2.45, 2.75) is 37.9 Å². The van der Waals surface area contributed by atoms with Crippen molar-refractivity contribution in [1.29, 1.82) is 0 Å². The first-order valence-corrected chi connectivity index (χ1v) is 9.44. The predicted molar refractivity (Wildman–Crippen MR) is 89.3 cm³/mol. The third-order valence-corrected chi connectivity index (χ3v) is 5.47. The summed E-state index contributed by atoms with van der Waals surface area (Å²) < 4.78 is 40.2. The van der Waals surface area contributed by atoms with E-state index in [-0.39, 0.29) is 17.7 Å². The van der Waals surface area contributed by atoms with Gasteiger partial charge in [-0.2, -0.15) is 13.2 Å². The molecular weight excluding hydrogens is 349 g/mol. The van der Waals surface area contributed by atoms with Gasteiger partial charge in [-0.1, -0.05) is 0 Å². The van der Waals surface area contributed by atoms with Gasteiger partial charge in [0.2, 0.25) is 11.8 Å². The number of carbonyl (C=O) groups is 2. The molecule has 3 fully saturated rings. The van der Waals surface area contributed by atoms with E-state index in [4.69, 9.17) is 0 Å². The lowest BCUT2D eigenvalue weighted by atomic mass is 9.96. The van der Waals surface area contributed by atoms with Crippen LogP contribution < -0.4 is 10.6 Å². The average molecular weight is 376 g/mol. The highest BCUT2D eigenvalue weighted by atomic mass is 19.4. The highest BCUT2D eigenvalue weighted by molar-refractivity contribution is 5.83. The third-order valence-electron chi connectivity index (χ3n) is 5.47. The molecule has 3 aliphatic rings. The molecule has 26 heavy (non-hydrogen) atoms. The molecule has 148 valence electrons. The standard InChI is InChI=1S/C17H27F3N4O2/c18-17(19,20)14(23-8-5-21-6-9-23)10-22-15(25)13-2-1-7-24(11-13)16(26)12-3-4-12/h12-14,21H,1-11H2,(H,22,25). The highest BCUT2D eigenvalue weighted by Crippen LogP contribution is 2.32. The second kappa shape index (κ2) is 8.12. The van der Waals surface area contributed by atoms with Gasteiger partial charge in [0.15, 0.2) is 0 Å². The minimum Gasteiger partial charge on any atom is -0.354 e. The van der Waals surface area contributed by atoms with E-state index >= 15 is 0 Å². The Balaban J connectivity index is 1.53. The van der Waals surface area contributed by atoms with Gasteiger partial charge in [0.25, 0.3) is 0 Å². The Kier molecular flexibility index (Phi) is 6.06. The van der Waals surface area contributed by atoms with Crippen LogP contribution in [0.3, 0.4) is 0 Å². The number of halogens is 3. The molecule has 2 amide bonds. The normalized spacial score (nSPS) is 26.4. The SMILES string of the molecule is O=C(NCC(N1CCNCC1)C(F)(F)F)C1CCCN(C(=O)C2CC2)C1. The number of alkyl halides is 3. The maximum Gasteiger partial charge on any atom is 0.405 e. The Morgan fingerprint density at radius 1 is 1.08 bits per heavy atom. The Morgan fingerprint density at radius 3 is 2.38 bits per heavy atom. The van der Waals surface area contributed by atoms with Crippen molar-refractivity contribution in [3.63, 3.8) is 0 Å². The topological polar surface area (TPSA) is 64.7 Å². The summed E-state index contributed by atoms with van der Waals surface area (Å²) >= 11 is 0. The van der Waals surface area contributed by atoms with E-state index in [0.29, 0.717) is 45.7 Å². The Hall–Kier alpha value is -1.35. The van der Waals surface area contributed by atoms with E-state index in [1.165, 1.54) is 4.90 Å². The molecule has 0 bridgehead atoms. The fourth-order valence-corrected chi connectivity index (χ4v) is 3.77. The minimum atomic E-state index is -4.38. The monoisotopic (exact) mass is 376 g/mol. The molecule has 0 aromatic heterocycles. The molecular formula is C17H27F3N4O2. The molecule has 0 aromatic rings. The highest BCUT2D eigenvalue weighted by Gasteiger charge is 2.44. The number of amides is 2. The Morgan fingerprint density at radius 2 is 1.77 bits per heavy atom. The maximum absolute atomic E-state index is 13.4. The van der Waals surface area contributed by atoms with Gasteiger partial charge in [0, 0.05) is 51.7 Å². The van der Waals surface area contributed by atoms with Crippen LogP contribution in [0, 0.1) is 11.8 Å². The van der Waals surface area contributed by atoms with E-state index < -0.39 is 24.7 Å². The smallest absolute Gasteiger partial charge is 0.354 e. The summed E-state index contributed by atoms with van der Waals surface area (Å²) in [6.45, 7) is 2.19. The van der Waals surface area contributed by atoms with E-state index in [9.17, 15) is 22.8 Å². The molecule has 6 nitrogen and oxygen atoms in total. The lowest BCUT2D eigenvalue weighted by molar-refractivity contribution is -0.184. The second-order valence-electron chi connectivity index (χ2n) is 7.49. The Labute approximate surface area is 151 Å². The predicted octanol–water partition coefficient (Wildman–Crippen LogP) is 0.587. The van der Waals surface area contributed by atoms with Crippen LogP contribution in [0.5, 0.6) is 0 Å². The molecule has 2 N–H and O–H groups in total. The summed E-state index contributed by atoms with van der Waals surface area (Å²) in [6, 6.07) is -1.67. The molecule has 2 heterocycles. The van der Waals surface area contributed by atoms with Crippen LogP contribution in [0.4, 0.5) is 13.2 Å². The van der Waals surface area contributed by atoms with Crippen molar-refractivity contribution in [3.05, 3.63) is 0 Å². The number of hydrogen-bond donors (Lipinski definition) is 2. The van der Waals surface area contributed by atoms with Gasteiger partial charge in [-0.15, -0.1) is 0 Å². The van der Waals surface area contributed by atoms with E-state index in [1.54, 1.807) is 4.90 Å². The summed E-state index contributed by atoms with van der Waals surface area (Å²) in [5.74, 6) is -0.596. The zero-order chi connectivity index (χ0) is 18.7. The van der Waals surface area contributed by atoms with Crippen molar-refractivity contribution in [1.82, 2.24) is 20.4 Å². The van der Waals surface area contributed by atoms with Gasteiger partial charge in [-0.25, -0.2) is 0 Å². The van der Waals surface area contributed by atoms with Gasteiger partial charge >= 0.3 is 6.18 Å². The Bertz CT molecular complexity index is 519. The van der Waals surface area contributed by atoms with Gasteiger partial charge in [-0.05, 0) is 25.7 Å². The first-order chi connectivity index (χ1) is 12.4. The molecule has 9 heteroatoms. The van der Waals surface area contributed by atoms with Crippen LogP contribution in [-0.2, 0) is 9.59 Å². The number of piperidine rings is 1. The average Bonchev–Trinajstić information content (AvgIpc) is 3.46. The van der Waals surface area contributed by atoms with Crippen LogP contribution in [0.25, 0.3) is 0 Å². The maximum atomic E-state index is 13.4. The van der Waals surface area contributed by atoms with Crippen molar-refractivity contribution in [2.24, 2.45) is 11.8 Å². The molecule has 2 unspecified atom stereocenters. The van der Waals surface area contributed by atoms with Gasteiger partial charge < -0.3 is 15.5 Å². The summed E-state index contributed by atoms with van der Waals surface area (Å²) in [4.78, 5) is 27.7. The van der Waals surface area contributed by atoms with Crippen LogP contribution in [-0.4, -0.2) is 79.6 Å². The molecule has 0 spiro atoms. The number of nitrogens with one attached hydrogen (secondary N) is 2. The van der Waals surface area contributed by atoms with E-state index in [0.717, 1.165) is 19.3 Å². The fourth-order valence-electron chi connectivity index (χ4n) is 3.77. The molecule has 1 aliphatic carbocycles. The van der Waals surface area contributed by atoms with Gasteiger partial charge in [0.1, 0.15) is 6.04 Å². The lowest BCUT2D eigenvalue weighted by Gasteiger charge is -2.36. The first-order valence-electron chi connectivity index (χ1n) is 9.44. The molecule has 1 saturated carbocycles. The zero-order valence-electron chi connectivity index (χ0n) is 14.9. The third kappa shape index (κ3) is 4.88. The van der Waals surface area contributed by atoms with Crippen molar-refractivity contribution in [3.8, 4) is 0 Å². The molecule has 3 rings (SSSR count). The first kappa shape index (κ1) is 19.4. The molecule has 2 aliphatic heterocycles. The van der Waals surface area contributed by atoms with Crippen LogP contribution in [0.15, 0.2) is 0 Å². The zero-order valence-corrected chi connectivity index (χ0v) is 14.9. The minimum absolute atomic E-state index is 0.0940. The second-order valence-corrected chi connectivity index (χ2v) is 7.49. The van der Waals surface area contributed by atoms with Crippen LogP contribution >= 0.6 is 0 Å². The number of likely N-dealkylation sites (tertiary alicyclic amines) is 1. The number of rotatable bonds is 5. The number of carbonyl (C=O) groups excluding carboxylic acids is 2. The summed E-state index contributed by atoms with van der Waals surface area (Å²) in [7, 11) is 0. The van der Waals surface area contributed by atoms with Crippen LogP contribution in [0.1, 0.15) is 25.7 Å². The molecule has 2 atom stereocenters. The quantitative estimate of drug-likeness (QED) is 0.737. The molecule has 0 aromatic carbocycles. The largest absolute Gasteiger partial charge is 0.405 e. The van der Waals surface area contributed by atoms with Gasteiger partial charge in [-0.3, -0.25) is 14.5 Å². The fraction of sp³-hybridized carbons (Fsp3) is 0.882. The summed E-state index contributed by atoms with van der Waals surface area (Å²) in [5.41, 5.74) is 0. The van der Waals surface area contributed by atoms with Crippen molar-refractivity contribution >= 4 is 11.8 Å². The summed E-state index contributed by atoms with van der Waals surface area (Å²) in [6.07, 6.45) is -1.24. The number of hydrogen-bond acceptors (Lipinski definition) is 4. The summed E-state index contributed by atoms with van der Waals surface area (Å²) in [5, 5.41) is 5.54. The van der Waals surface area contributed by atoms with Crippen molar-refractivity contribution < 1.29 is 22.8 Å².